The number of pyridine rings is 2. The van der Waals surface area contributed by atoms with Gasteiger partial charge in [0, 0.05) is 48.8 Å². The van der Waals surface area contributed by atoms with Crippen molar-refractivity contribution in [1.82, 2.24) is 24.5 Å². The summed E-state index contributed by atoms with van der Waals surface area (Å²) in [5.74, 6) is 0.471. The molecule has 1 saturated carbocycles. The molecule has 2 N–H and O–H groups in total. The number of H-pyrrole nitrogens is 2. The maximum atomic E-state index is 12.6. The number of halogens is 1. The molecule has 0 amide bonds. The molecule has 29 heavy (non-hydrogen) atoms. The van der Waals surface area contributed by atoms with Crippen LogP contribution >= 0.6 is 11.6 Å². The molecule has 0 radical (unpaired) electrons. The molecule has 1 fully saturated rings. The summed E-state index contributed by atoms with van der Waals surface area (Å²) in [6, 6.07) is 4.00. The molecular weight excluding hydrogens is 390 g/mol. The molecule has 0 aromatic carbocycles. The monoisotopic (exact) mass is 411 g/mol. The standard InChI is InChI=1S/C21H22ClN5O2/c1-29-15-4-2-12(3-5-15)11-27-18-7-14(9-24-20(18)26-21(27)28)13-6-16-17(22)10-25-19(16)23-8-13/h6-10,12,15H,2-5,11H2,1H3,(H,23,25)(H,24,26,28)/t12-,15+. The zero-order valence-corrected chi connectivity index (χ0v) is 16.9. The van der Waals surface area contributed by atoms with Crippen molar-refractivity contribution in [2.45, 2.75) is 38.3 Å². The van der Waals surface area contributed by atoms with Crippen molar-refractivity contribution in [3.63, 3.8) is 0 Å². The van der Waals surface area contributed by atoms with Gasteiger partial charge in [0.15, 0.2) is 5.65 Å². The van der Waals surface area contributed by atoms with Crippen molar-refractivity contribution in [2.75, 3.05) is 7.11 Å². The van der Waals surface area contributed by atoms with E-state index in [0.717, 1.165) is 53.4 Å². The Morgan fingerprint density at radius 3 is 2.62 bits per heavy atom. The van der Waals surface area contributed by atoms with Gasteiger partial charge in [-0.25, -0.2) is 14.8 Å². The average molecular weight is 412 g/mol. The number of hydrogen-bond donors (Lipinski definition) is 2. The van der Waals surface area contributed by atoms with Gasteiger partial charge in [0.2, 0.25) is 0 Å². The maximum absolute atomic E-state index is 12.6. The van der Waals surface area contributed by atoms with E-state index in [-0.39, 0.29) is 5.69 Å². The summed E-state index contributed by atoms with van der Waals surface area (Å²) in [4.78, 5) is 27.4. The first kappa shape index (κ1) is 18.4. The molecule has 4 heterocycles. The summed E-state index contributed by atoms with van der Waals surface area (Å²) in [6.07, 6.45) is 9.85. The lowest BCUT2D eigenvalue weighted by atomic mass is 9.87. The molecule has 7 nitrogen and oxygen atoms in total. The maximum Gasteiger partial charge on any atom is 0.327 e. The van der Waals surface area contributed by atoms with E-state index in [0.29, 0.717) is 29.2 Å². The van der Waals surface area contributed by atoms with E-state index in [1.807, 2.05) is 16.7 Å². The van der Waals surface area contributed by atoms with Gasteiger partial charge < -0.3 is 9.72 Å². The molecule has 4 aromatic heterocycles. The lowest BCUT2D eigenvalue weighted by Gasteiger charge is -2.27. The minimum absolute atomic E-state index is 0.110. The molecule has 1 aliphatic rings. The van der Waals surface area contributed by atoms with Crippen molar-refractivity contribution in [2.24, 2.45) is 5.92 Å². The van der Waals surface area contributed by atoms with Crippen LogP contribution in [0.4, 0.5) is 0 Å². The van der Waals surface area contributed by atoms with Crippen LogP contribution < -0.4 is 5.69 Å². The van der Waals surface area contributed by atoms with E-state index in [2.05, 4.69) is 19.9 Å². The lowest BCUT2D eigenvalue weighted by Crippen LogP contribution is -2.27. The van der Waals surface area contributed by atoms with Gasteiger partial charge in [0.05, 0.1) is 16.6 Å². The third-order valence-electron chi connectivity index (χ3n) is 6.01. The van der Waals surface area contributed by atoms with Crippen LogP contribution in [-0.4, -0.2) is 37.7 Å². The highest BCUT2D eigenvalue weighted by Crippen LogP contribution is 2.30. The first-order chi connectivity index (χ1) is 14.1. The highest BCUT2D eigenvalue weighted by Gasteiger charge is 2.22. The van der Waals surface area contributed by atoms with E-state index in [1.165, 1.54) is 0 Å². The van der Waals surface area contributed by atoms with Crippen LogP contribution in [0.25, 0.3) is 33.3 Å². The van der Waals surface area contributed by atoms with Crippen molar-refractivity contribution in [1.29, 1.82) is 0 Å². The van der Waals surface area contributed by atoms with Crippen molar-refractivity contribution < 1.29 is 4.74 Å². The summed E-state index contributed by atoms with van der Waals surface area (Å²) in [7, 11) is 1.77. The zero-order valence-electron chi connectivity index (χ0n) is 16.1. The van der Waals surface area contributed by atoms with Gasteiger partial charge in [-0.15, -0.1) is 0 Å². The summed E-state index contributed by atoms with van der Waals surface area (Å²) >= 11 is 6.24. The topological polar surface area (TPSA) is 88.6 Å². The molecule has 0 spiro atoms. The highest BCUT2D eigenvalue weighted by atomic mass is 35.5. The van der Waals surface area contributed by atoms with Gasteiger partial charge in [0.1, 0.15) is 5.65 Å². The number of imidazole rings is 1. The molecule has 5 rings (SSSR count). The average Bonchev–Trinajstić information content (AvgIpc) is 3.27. The Hall–Kier alpha value is -2.64. The second-order valence-corrected chi connectivity index (χ2v) is 8.17. The van der Waals surface area contributed by atoms with E-state index >= 15 is 0 Å². The molecule has 0 aliphatic heterocycles. The Morgan fingerprint density at radius 2 is 1.86 bits per heavy atom. The second-order valence-electron chi connectivity index (χ2n) is 7.77. The molecule has 1 aliphatic carbocycles. The highest BCUT2D eigenvalue weighted by molar-refractivity contribution is 6.35. The molecule has 0 unspecified atom stereocenters. The van der Waals surface area contributed by atoms with E-state index in [1.54, 1.807) is 25.7 Å². The first-order valence-electron chi connectivity index (χ1n) is 9.86. The minimum atomic E-state index is -0.110. The van der Waals surface area contributed by atoms with Gasteiger partial charge in [-0.3, -0.25) is 9.55 Å². The zero-order chi connectivity index (χ0) is 20.0. The molecular formula is C21H22ClN5O2. The molecule has 0 atom stereocenters. The number of rotatable bonds is 4. The van der Waals surface area contributed by atoms with Crippen molar-refractivity contribution >= 4 is 33.8 Å². The van der Waals surface area contributed by atoms with Crippen LogP contribution in [0.1, 0.15) is 25.7 Å². The Morgan fingerprint density at radius 1 is 1.14 bits per heavy atom. The fourth-order valence-electron chi connectivity index (χ4n) is 4.31. The quantitative estimate of drug-likeness (QED) is 0.528. The van der Waals surface area contributed by atoms with E-state index in [4.69, 9.17) is 16.3 Å². The number of fused-ring (bicyclic) bond motifs is 2. The lowest BCUT2D eigenvalue weighted by molar-refractivity contribution is 0.0542. The number of aromatic nitrogens is 5. The Labute approximate surface area is 172 Å². The normalized spacial score (nSPS) is 19.9. The SMILES string of the molecule is CO[C@H]1CC[C@@H](Cn2c(=O)[nH]c3ncc(-c4cnc5[nH]cc(Cl)c5c4)cc32)CC1. The summed E-state index contributed by atoms with van der Waals surface area (Å²) in [5.41, 5.74) is 3.88. The minimum Gasteiger partial charge on any atom is -0.381 e. The number of aromatic amines is 2. The number of ether oxygens (including phenoxy) is 1. The summed E-state index contributed by atoms with van der Waals surface area (Å²) < 4.78 is 7.28. The number of nitrogens with zero attached hydrogens (tertiary/aromatic N) is 3. The summed E-state index contributed by atoms with van der Waals surface area (Å²) in [5, 5.41) is 1.50. The van der Waals surface area contributed by atoms with Gasteiger partial charge in [-0.05, 0) is 43.7 Å². The van der Waals surface area contributed by atoms with Gasteiger partial charge in [-0.2, -0.15) is 0 Å². The Kier molecular flexibility index (Phi) is 4.64. The van der Waals surface area contributed by atoms with Gasteiger partial charge in [0.25, 0.3) is 0 Å². The number of methoxy groups -OCH3 is 1. The van der Waals surface area contributed by atoms with Crippen LogP contribution in [0.2, 0.25) is 5.02 Å². The Bertz CT molecular complexity index is 1230. The third-order valence-corrected chi connectivity index (χ3v) is 6.32. The van der Waals surface area contributed by atoms with Crippen LogP contribution in [-0.2, 0) is 11.3 Å². The summed E-state index contributed by atoms with van der Waals surface area (Å²) in [6.45, 7) is 0.696. The predicted molar refractivity (Wildman–Crippen MR) is 113 cm³/mol. The fraction of sp³-hybridized carbons (Fsp3) is 0.381. The van der Waals surface area contributed by atoms with E-state index < -0.39 is 0 Å². The van der Waals surface area contributed by atoms with Crippen LogP contribution in [0.3, 0.4) is 0 Å². The largest absolute Gasteiger partial charge is 0.381 e. The number of nitrogens with one attached hydrogen (secondary N) is 2. The van der Waals surface area contributed by atoms with Crippen LogP contribution in [0.5, 0.6) is 0 Å². The molecule has 0 saturated heterocycles. The smallest absolute Gasteiger partial charge is 0.327 e. The first-order valence-corrected chi connectivity index (χ1v) is 10.2. The molecule has 150 valence electrons. The molecule has 8 heteroatoms. The van der Waals surface area contributed by atoms with Crippen molar-refractivity contribution in [3.8, 4) is 11.1 Å². The van der Waals surface area contributed by atoms with Gasteiger partial charge in [-0.1, -0.05) is 11.6 Å². The second kappa shape index (κ2) is 7.31. The Balaban J connectivity index is 1.50. The van der Waals surface area contributed by atoms with Crippen molar-refractivity contribution in [3.05, 3.63) is 46.2 Å². The van der Waals surface area contributed by atoms with Crippen LogP contribution in [0.15, 0.2) is 35.5 Å². The van der Waals surface area contributed by atoms with E-state index in [9.17, 15) is 4.79 Å². The number of hydrogen-bond acceptors (Lipinski definition) is 4. The van der Waals surface area contributed by atoms with Gasteiger partial charge >= 0.3 is 5.69 Å². The van der Waals surface area contributed by atoms with Crippen LogP contribution in [0, 0.1) is 5.92 Å². The fourth-order valence-corrected chi connectivity index (χ4v) is 4.51. The third kappa shape index (κ3) is 3.34. The molecule has 4 aromatic rings. The molecule has 0 bridgehead atoms. The predicted octanol–water partition coefficient (Wildman–Crippen LogP) is 4.13.